The lowest BCUT2D eigenvalue weighted by Crippen LogP contribution is -1.96. The summed E-state index contributed by atoms with van der Waals surface area (Å²) in [7, 11) is 0. The molecule has 0 saturated heterocycles. The fraction of sp³-hybridized carbons (Fsp3) is 0. The van der Waals surface area contributed by atoms with Crippen LogP contribution in [0.2, 0.25) is 0 Å². The van der Waals surface area contributed by atoms with Crippen molar-refractivity contribution in [2.75, 3.05) is 0 Å². The third-order valence-electron chi connectivity index (χ3n) is 8.69. The van der Waals surface area contributed by atoms with E-state index in [0.29, 0.717) is 0 Å². The Balaban J connectivity index is 1.19. The molecule has 2 heterocycles. The molecule has 0 amide bonds. The molecule has 9 aromatic rings. The van der Waals surface area contributed by atoms with Crippen LogP contribution >= 0.6 is 11.3 Å². The van der Waals surface area contributed by atoms with E-state index in [2.05, 4.69) is 152 Å². The molecule has 0 saturated carbocycles. The highest BCUT2D eigenvalue weighted by Gasteiger charge is 2.15. The van der Waals surface area contributed by atoms with Crippen molar-refractivity contribution in [3.63, 3.8) is 0 Å². The van der Waals surface area contributed by atoms with E-state index in [0.717, 1.165) is 44.5 Å². The monoisotopic (exact) mass is 590 g/mol. The summed E-state index contributed by atoms with van der Waals surface area (Å²) >= 11 is 1.85. The molecule has 0 aliphatic rings. The minimum atomic E-state index is 0.727. The Morgan fingerprint density at radius 3 is 1.89 bits per heavy atom. The van der Waals surface area contributed by atoms with E-state index in [1.165, 1.54) is 42.2 Å². The van der Waals surface area contributed by atoms with Crippen molar-refractivity contribution in [3.8, 4) is 44.9 Å². The second kappa shape index (κ2) is 10.5. The number of aromatic nitrogens is 2. The van der Waals surface area contributed by atoms with Gasteiger partial charge < -0.3 is 0 Å². The largest absolute Gasteiger partial charge is 0.227 e. The van der Waals surface area contributed by atoms with Crippen LogP contribution in [0.15, 0.2) is 158 Å². The van der Waals surface area contributed by atoms with E-state index in [1.807, 2.05) is 17.4 Å². The van der Waals surface area contributed by atoms with Crippen molar-refractivity contribution in [3.05, 3.63) is 158 Å². The molecule has 0 spiro atoms. The highest BCUT2D eigenvalue weighted by atomic mass is 32.1. The number of benzene rings is 7. The number of hydrogen-bond donors (Lipinski definition) is 0. The third-order valence-corrected chi connectivity index (χ3v) is 9.84. The Morgan fingerprint density at radius 1 is 0.356 bits per heavy atom. The van der Waals surface area contributed by atoms with Gasteiger partial charge in [0.2, 0.25) is 0 Å². The van der Waals surface area contributed by atoms with Crippen LogP contribution in [0.25, 0.3) is 86.7 Å². The van der Waals surface area contributed by atoms with Crippen LogP contribution in [-0.2, 0) is 0 Å². The zero-order chi connectivity index (χ0) is 29.7. The van der Waals surface area contributed by atoms with Crippen LogP contribution in [0.1, 0.15) is 0 Å². The van der Waals surface area contributed by atoms with Crippen LogP contribution in [0.5, 0.6) is 0 Å². The molecule has 0 radical (unpaired) electrons. The summed E-state index contributed by atoms with van der Waals surface area (Å²) < 4.78 is 2.65. The van der Waals surface area contributed by atoms with E-state index < -0.39 is 0 Å². The lowest BCUT2D eigenvalue weighted by atomic mass is 9.98. The molecule has 7 aromatic carbocycles. The second-order valence-corrected chi connectivity index (χ2v) is 12.5. The lowest BCUT2D eigenvalue weighted by molar-refractivity contribution is 1.23. The van der Waals surface area contributed by atoms with Gasteiger partial charge in [0.25, 0.3) is 0 Å². The third kappa shape index (κ3) is 4.48. The number of thiophene rings is 1. The van der Waals surface area contributed by atoms with E-state index in [-0.39, 0.29) is 0 Å². The van der Waals surface area contributed by atoms with Crippen LogP contribution < -0.4 is 0 Å². The highest BCUT2D eigenvalue weighted by Crippen LogP contribution is 2.38. The molecule has 0 aliphatic carbocycles. The molecule has 9 rings (SSSR count). The van der Waals surface area contributed by atoms with Crippen molar-refractivity contribution in [1.82, 2.24) is 9.97 Å². The van der Waals surface area contributed by atoms with Gasteiger partial charge in [-0.15, -0.1) is 11.3 Å². The Labute approximate surface area is 264 Å². The van der Waals surface area contributed by atoms with Gasteiger partial charge in [0, 0.05) is 42.1 Å². The van der Waals surface area contributed by atoms with Crippen LogP contribution in [0.4, 0.5) is 0 Å². The molecule has 0 N–H and O–H groups in total. The van der Waals surface area contributed by atoms with Gasteiger partial charge in [0.15, 0.2) is 5.82 Å². The summed E-state index contributed by atoms with van der Waals surface area (Å²) in [4.78, 5) is 10.4. The Morgan fingerprint density at radius 2 is 1.00 bits per heavy atom. The predicted molar refractivity (Wildman–Crippen MR) is 192 cm³/mol. The summed E-state index contributed by atoms with van der Waals surface area (Å²) in [6.45, 7) is 0. The van der Waals surface area contributed by atoms with Crippen molar-refractivity contribution in [2.45, 2.75) is 0 Å². The van der Waals surface area contributed by atoms with Crippen LogP contribution in [-0.4, -0.2) is 9.97 Å². The molecule has 0 fully saturated rings. The van der Waals surface area contributed by atoms with Crippen molar-refractivity contribution in [1.29, 1.82) is 0 Å². The van der Waals surface area contributed by atoms with Gasteiger partial charge in [-0.05, 0) is 58.0 Å². The number of hydrogen-bond acceptors (Lipinski definition) is 3. The van der Waals surface area contributed by atoms with Gasteiger partial charge in [0.1, 0.15) is 0 Å². The quantitative estimate of drug-likeness (QED) is 0.191. The molecule has 0 atom stereocenters. The molecule has 0 bridgehead atoms. The van der Waals surface area contributed by atoms with E-state index in [9.17, 15) is 0 Å². The maximum Gasteiger partial charge on any atom is 0.160 e. The number of nitrogens with zero attached hydrogens (tertiary/aromatic N) is 2. The normalized spacial score (nSPS) is 11.6. The van der Waals surface area contributed by atoms with E-state index in [4.69, 9.17) is 9.97 Å². The van der Waals surface area contributed by atoms with Crippen LogP contribution in [0, 0.1) is 0 Å². The SMILES string of the molecule is c1ccc(-c2cccc(-c3nc(-c4ccc(-c5ccc6sc7ccccc7c6c5)cc4)c4ccc5ccccc5c4n3)c2)cc1. The number of rotatable bonds is 4. The summed E-state index contributed by atoms with van der Waals surface area (Å²) in [5.41, 5.74) is 8.72. The summed E-state index contributed by atoms with van der Waals surface area (Å²) in [5, 5.41) is 5.99. The molecule has 210 valence electrons. The molecule has 0 aliphatic heterocycles. The standard InChI is InChI=1S/C42H26N2S/c1-2-9-27(10-3-1)31-12-8-13-33(25-31)42-43-40(36-23-21-29-11-4-5-14-34(29)41(36)44-42)30-19-17-28(18-20-30)32-22-24-39-37(26-32)35-15-6-7-16-38(35)45-39/h1-26H. The minimum Gasteiger partial charge on any atom is -0.227 e. The molecular weight excluding hydrogens is 565 g/mol. The average Bonchev–Trinajstić information content (AvgIpc) is 3.50. The zero-order valence-electron chi connectivity index (χ0n) is 24.3. The molecule has 45 heavy (non-hydrogen) atoms. The van der Waals surface area contributed by atoms with Gasteiger partial charge in [-0.1, -0.05) is 127 Å². The molecular formula is C42H26N2S. The molecule has 0 unspecified atom stereocenters. The summed E-state index contributed by atoms with van der Waals surface area (Å²) in [6, 6.07) is 56.1. The maximum atomic E-state index is 5.24. The first kappa shape index (κ1) is 25.8. The van der Waals surface area contributed by atoms with Gasteiger partial charge in [0.05, 0.1) is 11.2 Å². The van der Waals surface area contributed by atoms with Crippen LogP contribution in [0.3, 0.4) is 0 Å². The Kier molecular flexibility index (Phi) is 6.03. The molecule has 2 nitrogen and oxygen atoms in total. The van der Waals surface area contributed by atoms with Gasteiger partial charge in [-0.3, -0.25) is 0 Å². The summed E-state index contributed by atoms with van der Waals surface area (Å²) in [6.07, 6.45) is 0. The summed E-state index contributed by atoms with van der Waals surface area (Å²) in [5.74, 6) is 0.727. The van der Waals surface area contributed by atoms with E-state index in [1.54, 1.807) is 0 Å². The topological polar surface area (TPSA) is 25.8 Å². The van der Waals surface area contributed by atoms with Gasteiger partial charge >= 0.3 is 0 Å². The molecule has 2 aromatic heterocycles. The molecule has 3 heteroatoms. The van der Waals surface area contributed by atoms with Crippen molar-refractivity contribution < 1.29 is 0 Å². The highest BCUT2D eigenvalue weighted by molar-refractivity contribution is 7.25. The Hall–Kier alpha value is -5.64. The Bertz CT molecular complexity index is 2530. The first-order chi connectivity index (χ1) is 22.3. The zero-order valence-corrected chi connectivity index (χ0v) is 25.1. The van der Waals surface area contributed by atoms with E-state index >= 15 is 0 Å². The van der Waals surface area contributed by atoms with Crippen molar-refractivity contribution >= 4 is 53.2 Å². The smallest absolute Gasteiger partial charge is 0.160 e. The van der Waals surface area contributed by atoms with Crippen molar-refractivity contribution in [2.24, 2.45) is 0 Å². The average molecular weight is 591 g/mol. The first-order valence-corrected chi connectivity index (χ1v) is 16.0. The maximum absolute atomic E-state index is 5.24. The predicted octanol–water partition coefficient (Wildman–Crippen LogP) is 11.8. The first-order valence-electron chi connectivity index (χ1n) is 15.2. The number of fused-ring (bicyclic) bond motifs is 6. The lowest BCUT2D eigenvalue weighted by Gasteiger charge is -2.13. The van der Waals surface area contributed by atoms with Gasteiger partial charge in [-0.2, -0.15) is 0 Å². The minimum absolute atomic E-state index is 0.727. The fourth-order valence-electron chi connectivity index (χ4n) is 6.41. The second-order valence-electron chi connectivity index (χ2n) is 11.4. The van der Waals surface area contributed by atoms with Gasteiger partial charge in [-0.25, -0.2) is 9.97 Å². The fourth-order valence-corrected chi connectivity index (χ4v) is 7.49.